The maximum Gasteiger partial charge on any atom is 0.213 e. The lowest BCUT2D eigenvalue weighted by Gasteiger charge is -2.20. The molecular formula is C17H21ClN2O. The average Bonchev–Trinajstić information content (AvgIpc) is 2.43. The first-order chi connectivity index (χ1) is 9.92. The summed E-state index contributed by atoms with van der Waals surface area (Å²) in [4.78, 5) is 4.50. The number of hydrogen-bond donors (Lipinski definition) is 1. The highest BCUT2D eigenvalue weighted by Gasteiger charge is 2.09. The molecule has 0 radical (unpaired) electrons. The van der Waals surface area contributed by atoms with E-state index < -0.39 is 0 Å². The van der Waals surface area contributed by atoms with Crippen LogP contribution in [0.15, 0.2) is 42.5 Å². The smallest absolute Gasteiger partial charge is 0.213 e. The molecule has 0 saturated heterocycles. The van der Waals surface area contributed by atoms with E-state index in [1.807, 2.05) is 42.5 Å². The molecule has 1 N–H and O–H groups in total. The highest BCUT2D eigenvalue weighted by Crippen LogP contribution is 2.14. The molecule has 21 heavy (non-hydrogen) atoms. The molecular weight excluding hydrogens is 284 g/mol. The van der Waals surface area contributed by atoms with Gasteiger partial charge in [-0.25, -0.2) is 4.98 Å². The molecule has 1 aromatic carbocycles. The van der Waals surface area contributed by atoms with Crippen molar-refractivity contribution in [2.24, 2.45) is 0 Å². The average molecular weight is 305 g/mol. The van der Waals surface area contributed by atoms with Gasteiger partial charge in [-0.3, -0.25) is 0 Å². The summed E-state index contributed by atoms with van der Waals surface area (Å²) in [5.41, 5.74) is 2.07. The first kappa shape index (κ1) is 15.8. The van der Waals surface area contributed by atoms with E-state index in [-0.39, 0.29) is 5.54 Å². The van der Waals surface area contributed by atoms with Crippen LogP contribution in [0.3, 0.4) is 0 Å². The summed E-state index contributed by atoms with van der Waals surface area (Å²) < 4.78 is 5.72. The molecule has 0 atom stereocenters. The number of nitrogens with zero attached hydrogens (tertiary/aromatic N) is 1. The van der Waals surface area contributed by atoms with E-state index in [0.29, 0.717) is 17.5 Å². The van der Waals surface area contributed by atoms with Gasteiger partial charge in [0.1, 0.15) is 6.61 Å². The van der Waals surface area contributed by atoms with Gasteiger partial charge < -0.3 is 10.1 Å². The van der Waals surface area contributed by atoms with Crippen molar-refractivity contribution in [3.63, 3.8) is 0 Å². The molecule has 0 unspecified atom stereocenters. The predicted octanol–water partition coefficient (Wildman–Crippen LogP) is 4.20. The number of halogens is 1. The molecule has 0 spiro atoms. The molecule has 0 fully saturated rings. The fourth-order valence-electron chi connectivity index (χ4n) is 1.78. The second kappa shape index (κ2) is 6.92. The predicted molar refractivity (Wildman–Crippen MR) is 86.6 cm³/mol. The van der Waals surface area contributed by atoms with Crippen LogP contribution in [0, 0.1) is 0 Å². The van der Waals surface area contributed by atoms with Gasteiger partial charge in [0, 0.05) is 23.2 Å². The Balaban J connectivity index is 1.95. The third-order valence-electron chi connectivity index (χ3n) is 2.86. The zero-order valence-electron chi connectivity index (χ0n) is 12.7. The zero-order chi connectivity index (χ0) is 15.3. The molecule has 0 amide bonds. The molecule has 2 rings (SSSR count). The number of benzene rings is 1. The van der Waals surface area contributed by atoms with Crippen LogP contribution in [0.25, 0.3) is 0 Å². The summed E-state index contributed by atoms with van der Waals surface area (Å²) in [6, 6.07) is 13.5. The van der Waals surface area contributed by atoms with Crippen molar-refractivity contribution in [3.8, 4) is 5.88 Å². The molecule has 0 aliphatic rings. The third kappa shape index (κ3) is 5.74. The van der Waals surface area contributed by atoms with E-state index in [0.717, 1.165) is 17.8 Å². The van der Waals surface area contributed by atoms with Gasteiger partial charge in [0.25, 0.3) is 0 Å². The second-order valence-electron chi connectivity index (χ2n) is 5.99. The Hall–Kier alpha value is -1.58. The van der Waals surface area contributed by atoms with Crippen molar-refractivity contribution >= 4 is 11.6 Å². The van der Waals surface area contributed by atoms with Gasteiger partial charge in [0.05, 0.1) is 5.69 Å². The molecule has 2 aromatic rings. The number of nitrogens with one attached hydrogen (secondary N) is 1. The van der Waals surface area contributed by atoms with Crippen LogP contribution in [0.2, 0.25) is 5.02 Å². The standard InChI is InChI=1S/C17H21ClN2O/c1-17(2,3)19-11-15-8-5-9-16(20-15)21-12-13-6-4-7-14(18)10-13/h4-10,19H,11-12H2,1-3H3. The molecule has 4 heteroatoms. The summed E-state index contributed by atoms with van der Waals surface area (Å²) >= 11 is 5.96. The molecule has 0 aliphatic carbocycles. The summed E-state index contributed by atoms with van der Waals surface area (Å²) in [6.07, 6.45) is 0. The lowest BCUT2D eigenvalue weighted by atomic mass is 10.1. The fourth-order valence-corrected chi connectivity index (χ4v) is 1.99. The Morgan fingerprint density at radius 1 is 1.14 bits per heavy atom. The minimum absolute atomic E-state index is 0.0688. The lowest BCUT2D eigenvalue weighted by Crippen LogP contribution is -2.35. The molecule has 3 nitrogen and oxygen atoms in total. The van der Waals surface area contributed by atoms with Crippen LogP contribution >= 0.6 is 11.6 Å². The topological polar surface area (TPSA) is 34.1 Å². The minimum Gasteiger partial charge on any atom is -0.473 e. The SMILES string of the molecule is CC(C)(C)NCc1cccc(OCc2cccc(Cl)c2)n1. The van der Waals surface area contributed by atoms with Gasteiger partial charge in [-0.1, -0.05) is 29.8 Å². The van der Waals surface area contributed by atoms with Crippen molar-refractivity contribution in [3.05, 3.63) is 58.7 Å². The van der Waals surface area contributed by atoms with Crippen LogP contribution in [0.5, 0.6) is 5.88 Å². The third-order valence-corrected chi connectivity index (χ3v) is 3.09. The van der Waals surface area contributed by atoms with Gasteiger partial charge in [0.2, 0.25) is 5.88 Å². The Labute approximate surface area is 131 Å². The van der Waals surface area contributed by atoms with Crippen LogP contribution < -0.4 is 10.1 Å². The summed E-state index contributed by atoms with van der Waals surface area (Å²) in [7, 11) is 0. The number of hydrogen-bond acceptors (Lipinski definition) is 3. The van der Waals surface area contributed by atoms with Crippen LogP contribution in [-0.2, 0) is 13.2 Å². The van der Waals surface area contributed by atoms with E-state index in [1.54, 1.807) is 0 Å². The highest BCUT2D eigenvalue weighted by atomic mass is 35.5. The van der Waals surface area contributed by atoms with Crippen LogP contribution in [0.1, 0.15) is 32.0 Å². The quantitative estimate of drug-likeness (QED) is 0.899. The molecule has 0 bridgehead atoms. The van der Waals surface area contributed by atoms with Crippen molar-refractivity contribution in [2.75, 3.05) is 0 Å². The molecule has 112 valence electrons. The van der Waals surface area contributed by atoms with Crippen LogP contribution in [-0.4, -0.2) is 10.5 Å². The molecule has 1 aromatic heterocycles. The van der Waals surface area contributed by atoms with Crippen LogP contribution in [0.4, 0.5) is 0 Å². The number of pyridine rings is 1. The van der Waals surface area contributed by atoms with Crippen molar-refractivity contribution in [1.82, 2.24) is 10.3 Å². The molecule has 0 aliphatic heterocycles. The fraction of sp³-hybridized carbons (Fsp3) is 0.353. The Bertz CT molecular complexity index is 593. The minimum atomic E-state index is 0.0688. The summed E-state index contributed by atoms with van der Waals surface area (Å²) in [5.74, 6) is 0.628. The van der Waals surface area contributed by atoms with Gasteiger partial charge in [-0.15, -0.1) is 0 Å². The van der Waals surface area contributed by atoms with E-state index in [4.69, 9.17) is 16.3 Å². The summed E-state index contributed by atoms with van der Waals surface area (Å²) in [5, 5.41) is 4.13. The van der Waals surface area contributed by atoms with E-state index in [1.165, 1.54) is 0 Å². The second-order valence-corrected chi connectivity index (χ2v) is 6.43. The number of aromatic nitrogens is 1. The molecule has 1 heterocycles. The van der Waals surface area contributed by atoms with E-state index >= 15 is 0 Å². The summed E-state index contributed by atoms with van der Waals surface area (Å²) in [6.45, 7) is 7.58. The normalized spacial score (nSPS) is 11.4. The van der Waals surface area contributed by atoms with Crippen molar-refractivity contribution in [2.45, 2.75) is 39.5 Å². The van der Waals surface area contributed by atoms with Gasteiger partial charge in [0.15, 0.2) is 0 Å². The monoisotopic (exact) mass is 304 g/mol. The van der Waals surface area contributed by atoms with Crippen molar-refractivity contribution in [1.29, 1.82) is 0 Å². The van der Waals surface area contributed by atoms with Crippen molar-refractivity contribution < 1.29 is 4.74 Å². The number of rotatable bonds is 5. The maximum absolute atomic E-state index is 5.96. The molecule has 0 saturated carbocycles. The van der Waals surface area contributed by atoms with E-state index in [2.05, 4.69) is 31.1 Å². The Morgan fingerprint density at radius 3 is 2.62 bits per heavy atom. The van der Waals surface area contributed by atoms with Gasteiger partial charge >= 0.3 is 0 Å². The maximum atomic E-state index is 5.96. The lowest BCUT2D eigenvalue weighted by molar-refractivity contribution is 0.292. The first-order valence-corrected chi connectivity index (χ1v) is 7.38. The number of ether oxygens (including phenoxy) is 1. The first-order valence-electron chi connectivity index (χ1n) is 7.01. The highest BCUT2D eigenvalue weighted by molar-refractivity contribution is 6.30. The van der Waals surface area contributed by atoms with Gasteiger partial charge in [-0.05, 0) is 44.5 Å². The van der Waals surface area contributed by atoms with E-state index in [9.17, 15) is 0 Å². The Kier molecular flexibility index (Phi) is 5.21. The Morgan fingerprint density at radius 2 is 1.90 bits per heavy atom. The largest absolute Gasteiger partial charge is 0.473 e. The zero-order valence-corrected chi connectivity index (χ0v) is 13.4. The van der Waals surface area contributed by atoms with Gasteiger partial charge in [-0.2, -0.15) is 0 Å².